The number of carbonyl (C=O) groups is 2. The Labute approximate surface area is 205 Å². The monoisotopic (exact) mass is 488 g/mol. The smallest absolute Gasteiger partial charge is 0.264 e. The minimum absolute atomic E-state index is 0.00363. The van der Waals surface area contributed by atoms with Crippen LogP contribution in [0.5, 0.6) is 5.75 Å². The minimum Gasteiger partial charge on any atom is -0.484 e. The van der Waals surface area contributed by atoms with Crippen molar-refractivity contribution in [1.82, 2.24) is 10.2 Å². The van der Waals surface area contributed by atoms with Crippen LogP contribution in [0, 0.1) is 12.8 Å². The molecule has 1 aliphatic heterocycles. The molecule has 0 saturated carbocycles. The van der Waals surface area contributed by atoms with Gasteiger partial charge in [0.25, 0.3) is 5.91 Å². The molecule has 3 rings (SSSR count). The Morgan fingerprint density at radius 2 is 1.85 bits per heavy atom. The molecule has 33 heavy (non-hydrogen) atoms. The van der Waals surface area contributed by atoms with E-state index in [0.29, 0.717) is 29.5 Å². The highest BCUT2D eigenvalue weighted by molar-refractivity contribution is 7.80. The summed E-state index contributed by atoms with van der Waals surface area (Å²) in [6.07, 6.45) is 0. The molecule has 0 atom stereocenters. The molecule has 0 radical (unpaired) electrons. The van der Waals surface area contributed by atoms with Crippen molar-refractivity contribution in [3.63, 3.8) is 0 Å². The van der Waals surface area contributed by atoms with Gasteiger partial charge < -0.3 is 19.9 Å². The summed E-state index contributed by atoms with van der Waals surface area (Å²) in [6.45, 7) is 8.44. The minimum atomic E-state index is -0.356. The highest BCUT2D eigenvalue weighted by Crippen LogP contribution is 2.30. The normalized spacial score (nSPS) is 13.6. The topological polar surface area (TPSA) is 73.9 Å². The van der Waals surface area contributed by atoms with Gasteiger partial charge in [-0.15, -0.1) is 0 Å². The van der Waals surface area contributed by atoms with Gasteiger partial charge in [0, 0.05) is 37.8 Å². The Hall–Kier alpha value is -2.84. The number of piperazine rings is 1. The van der Waals surface area contributed by atoms with Crippen LogP contribution in [0.2, 0.25) is 5.02 Å². The Morgan fingerprint density at radius 3 is 2.48 bits per heavy atom. The average Bonchev–Trinajstić information content (AvgIpc) is 2.77. The van der Waals surface area contributed by atoms with Crippen molar-refractivity contribution in [3.8, 4) is 5.75 Å². The number of hydrogen-bond acceptors (Lipinski definition) is 5. The second-order valence-corrected chi connectivity index (χ2v) is 9.06. The van der Waals surface area contributed by atoms with E-state index in [0.717, 1.165) is 24.3 Å². The molecule has 1 saturated heterocycles. The summed E-state index contributed by atoms with van der Waals surface area (Å²) in [6, 6.07) is 13.0. The van der Waals surface area contributed by atoms with Crippen molar-refractivity contribution in [2.75, 3.05) is 43.0 Å². The molecule has 2 aromatic carbocycles. The number of nitrogens with one attached hydrogen (secondary N) is 2. The van der Waals surface area contributed by atoms with E-state index in [9.17, 15) is 9.59 Å². The van der Waals surface area contributed by atoms with Crippen molar-refractivity contribution < 1.29 is 14.3 Å². The van der Waals surface area contributed by atoms with Crippen LogP contribution in [-0.2, 0) is 9.59 Å². The van der Waals surface area contributed by atoms with Gasteiger partial charge in [0.05, 0.1) is 10.7 Å². The van der Waals surface area contributed by atoms with E-state index in [1.807, 2.05) is 56.0 Å². The summed E-state index contributed by atoms with van der Waals surface area (Å²) in [5.41, 5.74) is 2.62. The van der Waals surface area contributed by atoms with Crippen molar-refractivity contribution in [2.45, 2.75) is 20.8 Å². The van der Waals surface area contributed by atoms with Crippen molar-refractivity contribution in [1.29, 1.82) is 0 Å². The SMILES string of the molecule is Cc1cccc(OCC(=O)NC(=S)Nc2ccc(N3CCN(C(=O)C(C)C)CC3)c(Cl)c2)c1. The molecule has 2 N–H and O–H groups in total. The predicted molar refractivity (Wildman–Crippen MR) is 136 cm³/mol. The lowest BCUT2D eigenvalue weighted by Gasteiger charge is -2.37. The van der Waals surface area contributed by atoms with Crippen LogP contribution < -0.4 is 20.3 Å². The number of carbonyl (C=O) groups excluding carboxylic acids is 2. The first kappa shape index (κ1) is 24.8. The van der Waals surface area contributed by atoms with Crippen molar-refractivity contribution >= 4 is 52.1 Å². The number of thiocarbonyl (C=S) groups is 1. The summed E-state index contributed by atoms with van der Waals surface area (Å²) in [7, 11) is 0. The lowest BCUT2D eigenvalue weighted by atomic mass is 10.1. The lowest BCUT2D eigenvalue weighted by molar-refractivity contribution is -0.134. The largest absolute Gasteiger partial charge is 0.484 e. The molecule has 9 heteroatoms. The van der Waals surface area contributed by atoms with Crippen molar-refractivity contribution in [2.24, 2.45) is 5.92 Å². The Bertz CT molecular complexity index is 1020. The molecule has 0 unspecified atom stereocenters. The Balaban J connectivity index is 1.49. The fourth-order valence-corrected chi connectivity index (χ4v) is 4.08. The molecule has 1 aliphatic rings. The van der Waals surface area contributed by atoms with E-state index in [1.54, 1.807) is 12.1 Å². The second kappa shape index (κ2) is 11.3. The zero-order chi connectivity index (χ0) is 24.0. The quantitative estimate of drug-likeness (QED) is 0.602. The van der Waals surface area contributed by atoms with Gasteiger partial charge in [-0.2, -0.15) is 0 Å². The summed E-state index contributed by atoms with van der Waals surface area (Å²) in [5, 5.41) is 6.31. The molecule has 0 bridgehead atoms. The molecule has 1 fully saturated rings. The van der Waals surface area contributed by atoms with E-state index in [2.05, 4.69) is 15.5 Å². The molecular weight excluding hydrogens is 460 g/mol. The van der Waals surface area contributed by atoms with Crippen LogP contribution in [0.4, 0.5) is 11.4 Å². The van der Waals surface area contributed by atoms with Gasteiger partial charge in [-0.1, -0.05) is 37.6 Å². The number of rotatable bonds is 6. The maximum Gasteiger partial charge on any atom is 0.264 e. The van der Waals surface area contributed by atoms with Gasteiger partial charge in [-0.25, -0.2) is 0 Å². The number of ether oxygens (including phenoxy) is 1. The van der Waals surface area contributed by atoms with E-state index in [4.69, 9.17) is 28.6 Å². The number of halogens is 1. The number of anilines is 2. The third kappa shape index (κ3) is 7.07. The maximum atomic E-state index is 12.2. The first-order chi connectivity index (χ1) is 15.7. The highest BCUT2D eigenvalue weighted by Gasteiger charge is 2.24. The van der Waals surface area contributed by atoms with E-state index < -0.39 is 0 Å². The van der Waals surface area contributed by atoms with E-state index >= 15 is 0 Å². The standard InChI is InChI=1S/C24H29ClN4O3S/c1-16(2)23(31)29-11-9-28(10-12-29)21-8-7-18(14-20(21)25)26-24(33)27-22(30)15-32-19-6-4-5-17(3)13-19/h4-8,13-14,16H,9-12,15H2,1-3H3,(H2,26,27,30,33). The van der Waals surface area contributed by atoms with Gasteiger partial charge in [0.15, 0.2) is 11.7 Å². The molecule has 2 amide bonds. The first-order valence-corrected chi connectivity index (χ1v) is 11.6. The Kier molecular flexibility index (Phi) is 8.52. The van der Waals surface area contributed by atoms with Crippen LogP contribution in [0.25, 0.3) is 0 Å². The van der Waals surface area contributed by atoms with Crippen molar-refractivity contribution in [3.05, 3.63) is 53.1 Å². The third-order valence-corrected chi connectivity index (χ3v) is 5.75. The fraction of sp³-hybridized carbons (Fsp3) is 0.375. The molecule has 0 spiro atoms. The number of hydrogen-bond donors (Lipinski definition) is 2. The van der Waals surface area contributed by atoms with Gasteiger partial charge >= 0.3 is 0 Å². The molecule has 176 valence electrons. The first-order valence-electron chi connectivity index (χ1n) is 10.9. The van der Waals surface area contributed by atoms with Crippen LogP contribution in [0.15, 0.2) is 42.5 Å². The zero-order valence-electron chi connectivity index (χ0n) is 19.1. The van der Waals surface area contributed by atoms with E-state index in [1.165, 1.54) is 0 Å². The van der Waals surface area contributed by atoms with Gasteiger partial charge in [0.1, 0.15) is 5.75 Å². The molecular formula is C24H29ClN4O3S. The van der Waals surface area contributed by atoms with E-state index in [-0.39, 0.29) is 29.5 Å². The molecule has 0 aromatic heterocycles. The van der Waals surface area contributed by atoms with Crippen LogP contribution >= 0.6 is 23.8 Å². The number of nitrogens with zero attached hydrogens (tertiary/aromatic N) is 2. The van der Waals surface area contributed by atoms with Gasteiger partial charge in [0.2, 0.25) is 5.91 Å². The van der Waals surface area contributed by atoms with Gasteiger partial charge in [-0.05, 0) is 55.0 Å². The van der Waals surface area contributed by atoms with Crippen LogP contribution in [0.3, 0.4) is 0 Å². The number of benzene rings is 2. The summed E-state index contributed by atoms with van der Waals surface area (Å²) in [5.74, 6) is 0.454. The highest BCUT2D eigenvalue weighted by atomic mass is 35.5. The second-order valence-electron chi connectivity index (χ2n) is 8.24. The molecule has 1 heterocycles. The lowest BCUT2D eigenvalue weighted by Crippen LogP contribution is -2.50. The van der Waals surface area contributed by atoms with Crippen LogP contribution in [-0.4, -0.2) is 54.6 Å². The average molecular weight is 489 g/mol. The maximum absolute atomic E-state index is 12.2. The fourth-order valence-electron chi connectivity index (χ4n) is 3.55. The molecule has 0 aliphatic carbocycles. The number of amides is 2. The summed E-state index contributed by atoms with van der Waals surface area (Å²) < 4.78 is 5.49. The summed E-state index contributed by atoms with van der Waals surface area (Å²) in [4.78, 5) is 28.4. The van der Waals surface area contributed by atoms with Gasteiger partial charge in [-0.3, -0.25) is 14.9 Å². The predicted octanol–water partition coefficient (Wildman–Crippen LogP) is 3.85. The molecule has 7 nitrogen and oxygen atoms in total. The molecule has 2 aromatic rings. The zero-order valence-corrected chi connectivity index (χ0v) is 20.6. The number of aryl methyl sites for hydroxylation is 1. The summed E-state index contributed by atoms with van der Waals surface area (Å²) >= 11 is 11.8. The van der Waals surface area contributed by atoms with Crippen LogP contribution in [0.1, 0.15) is 19.4 Å². The Morgan fingerprint density at radius 1 is 1.12 bits per heavy atom. The third-order valence-electron chi connectivity index (χ3n) is 5.24.